The van der Waals surface area contributed by atoms with Crippen molar-refractivity contribution >= 4 is 5.91 Å². The van der Waals surface area contributed by atoms with Gasteiger partial charge in [0.05, 0.1) is 18.7 Å². The van der Waals surface area contributed by atoms with Crippen LogP contribution >= 0.6 is 0 Å². The molecule has 0 saturated carbocycles. The fourth-order valence-corrected chi connectivity index (χ4v) is 2.42. The molecule has 4 heteroatoms. The highest BCUT2D eigenvalue weighted by atomic mass is 16.6. The standard InChI is InChI=1S/C16H19NO3/c1-2-3-11-20-12-7-6-10-17(19)13-14-8-4-5-9-15(14)16(17)18/h1,4-5,8-9H,3,6-7,10-13H2. The van der Waals surface area contributed by atoms with Crippen molar-refractivity contribution in [3.05, 3.63) is 40.6 Å². The molecule has 0 N–H and O–H groups in total. The second-order valence-corrected chi connectivity index (χ2v) is 5.01. The van der Waals surface area contributed by atoms with Gasteiger partial charge in [0.2, 0.25) is 0 Å². The first-order valence-corrected chi connectivity index (χ1v) is 6.89. The Balaban J connectivity index is 1.77. The van der Waals surface area contributed by atoms with E-state index in [2.05, 4.69) is 5.92 Å². The van der Waals surface area contributed by atoms with E-state index in [-0.39, 0.29) is 12.5 Å². The van der Waals surface area contributed by atoms with Gasteiger partial charge in [-0.2, -0.15) is 0 Å². The van der Waals surface area contributed by atoms with Crippen LogP contribution in [0.4, 0.5) is 0 Å². The summed E-state index contributed by atoms with van der Waals surface area (Å²) in [5.41, 5.74) is 1.44. The van der Waals surface area contributed by atoms with Gasteiger partial charge in [-0.15, -0.1) is 12.3 Å². The van der Waals surface area contributed by atoms with Crippen molar-refractivity contribution in [2.75, 3.05) is 19.8 Å². The highest BCUT2D eigenvalue weighted by Gasteiger charge is 2.37. The number of hydrogen-bond acceptors (Lipinski definition) is 3. The van der Waals surface area contributed by atoms with E-state index in [1.165, 1.54) is 0 Å². The summed E-state index contributed by atoms with van der Waals surface area (Å²) in [5.74, 6) is 2.19. The number of amides is 1. The molecule has 0 aromatic heterocycles. The van der Waals surface area contributed by atoms with Gasteiger partial charge >= 0.3 is 5.91 Å². The molecular weight excluding hydrogens is 254 g/mol. The molecule has 0 spiro atoms. The molecule has 1 amide bonds. The zero-order valence-electron chi connectivity index (χ0n) is 11.5. The smallest absolute Gasteiger partial charge is 0.346 e. The third kappa shape index (κ3) is 3.26. The number of quaternary nitrogens is 1. The van der Waals surface area contributed by atoms with Gasteiger partial charge in [0.1, 0.15) is 6.54 Å². The maximum absolute atomic E-state index is 12.5. The second-order valence-electron chi connectivity index (χ2n) is 5.01. The number of hydrogen-bond donors (Lipinski definition) is 0. The molecule has 1 atom stereocenters. The molecule has 0 bridgehead atoms. The van der Waals surface area contributed by atoms with Crippen molar-refractivity contribution in [3.63, 3.8) is 0 Å². The summed E-state index contributed by atoms with van der Waals surface area (Å²) in [5, 5.41) is 12.5. The van der Waals surface area contributed by atoms with Crippen LogP contribution in [0.3, 0.4) is 0 Å². The Labute approximate surface area is 119 Å². The van der Waals surface area contributed by atoms with Crippen molar-refractivity contribution in [2.45, 2.75) is 25.8 Å². The van der Waals surface area contributed by atoms with Crippen LogP contribution in [0.15, 0.2) is 24.3 Å². The van der Waals surface area contributed by atoms with E-state index in [1.54, 1.807) is 12.1 Å². The van der Waals surface area contributed by atoms with E-state index in [1.807, 2.05) is 12.1 Å². The molecule has 106 valence electrons. The van der Waals surface area contributed by atoms with E-state index in [0.717, 1.165) is 12.0 Å². The first kappa shape index (κ1) is 14.7. The topological polar surface area (TPSA) is 49.4 Å². The summed E-state index contributed by atoms with van der Waals surface area (Å²) in [6.45, 7) is 1.71. The number of benzene rings is 1. The average molecular weight is 273 g/mol. The molecule has 1 aromatic rings. The Morgan fingerprint density at radius 1 is 1.30 bits per heavy atom. The van der Waals surface area contributed by atoms with Crippen LogP contribution in [0.2, 0.25) is 0 Å². The van der Waals surface area contributed by atoms with E-state index in [4.69, 9.17) is 11.2 Å². The number of terminal acetylenes is 1. The largest absolute Gasteiger partial charge is 0.625 e. The predicted molar refractivity (Wildman–Crippen MR) is 76.5 cm³/mol. The van der Waals surface area contributed by atoms with Crippen LogP contribution in [0.25, 0.3) is 0 Å². The molecule has 0 aliphatic carbocycles. The maximum atomic E-state index is 12.5. The number of carbonyl (C=O) groups excluding carboxylic acids is 1. The summed E-state index contributed by atoms with van der Waals surface area (Å²) in [6.07, 6.45) is 7.18. The number of nitrogens with zero attached hydrogens (tertiary/aromatic N) is 1. The zero-order valence-corrected chi connectivity index (χ0v) is 11.5. The molecule has 1 aliphatic heterocycles. The minimum absolute atomic E-state index is 0.257. The molecule has 1 aliphatic rings. The van der Waals surface area contributed by atoms with E-state index < -0.39 is 4.65 Å². The number of hydroxylamine groups is 3. The van der Waals surface area contributed by atoms with Gasteiger partial charge in [0.15, 0.2) is 0 Å². The molecular formula is C16H19NO3. The van der Waals surface area contributed by atoms with Gasteiger partial charge in [-0.3, -0.25) is 4.65 Å². The normalized spacial score (nSPS) is 20.7. The van der Waals surface area contributed by atoms with Gasteiger partial charge in [-0.05, 0) is 18.9 Å². The van der Waals surface area contributed by atoms with Crippen molar-refractivity contribution in [2.24, 2.45) is 0 Å². The van der Waals surface area contributed by atoms with Crippen LogP contribution in [0.5, 0.6) is 0 Å². The first-order chi connectivity index (χ1) is 9.67. The van der Waals surface area contributed by atoms with Gasteiger partial charge in [-0.25, -0.2) is 4.79 Å². The SMILES string of the molecule is C#CCCOCCCC[N+]1([O-])Cc2ccccc2C1=O. The lowest BCUT2D eigenvalue weighted by atomic mass is 10.1. The average Bonchev–Trinajstić information content (AvgIpc) is 2.71. The molecule has 4 nitrogen and oxygen atoms in total. The Morgan fingerprint density at radius 3 is 2.85 bits per heavy atom. The summed E-state index contributed by atoms with van der Waals surface area (Å²) in [7, 11) is 0. The fraction of sp³-hybridized carbons (Fsp3) is 0.438. The minimum Gasteiger partial charge on any atom is -0.625 e. The first-order valence-electron chi connectivity index (χ1n) is 6.89. The van der Waals surface area contributed by atoms with Crippen LogP contribution in [0, 0.1) is 17.6 Å². The lowest BCUT2D eigenvalue weighted by Crippen LogP contribution is -2.43. The van der Waals surface area contributed by atoms with Crippen molar-refractivity contribution < 1.29 is 14.2 Å². The van der Waals surface area contributed by atoms with Gasteiger partial charge in [0, 0.05) is 18.6 Å². The number of carbonyl (C=O) groups is 1. The highest BCUT2D eigenvalue weighted by Crippen LogP contribution is 2.29. The van der Waals surface area contributed by atoms with Crippen LogP contribution in [-0.2, 0) is 11.3 Å². The zero-order chi connectivity index (χ0) is 14.4. The third-order valence-corrected chi connectivity index (χ3v) is 3.49. The van der Waals surface area contributed by atoms with E-state index in [0.29, 0.717) is 38.2 Å². The second kappa shape index (κ2) is 6.67. The number of unbranched alkanes of at least 4 members (excludes halogenated alkanes) is 1. The van der Waals surface area contributed by atoms with Crippen LogP contribution in [-0.4, -0.2) is 30.3 Å². The number of rotatable bonds is 7. The lowest BCUT2D eigenvalue weighted by Gasteiger charge is -2.35. The summed E-state index contributed by atoms with van der Waals surface area (Å²) >= 11 is 0. The quantitative estimate of drug-likeness (QED) is 0.332. The molecule has 1 unspecified atom stereocenters. The number of fused-ring (bicyclic) bond motifs is 1. The summed E-state index contributed by atoms with van der Waals surface area (Å²) < 4.78 is 4.56. The Kier molecular flexibility index (Phi) is 4.91. The third-order valence-electron chi connectivity index (χ3n) is 3.49. The van der Waals surface area contributed by atoms with Gasteiger partial charge < -0.3 is 9.94 Å². The molecule has 0 fully saturated rings. The molecule has 1 heterocycles. The predicted octanol–water partition coefficient (Wildman–Crippen LogP) is 2.48. The summed E-state index contributed by atoms with van der Waals surface area (Å²) in [4.78, 5) is 12.1. The molecule has 0 saturated heterocycles. The van der Waals surface area contributed by atoms with Crippen molar-refractivity contribution in [3.8, 4) is 12.3 Å². The lowest BCUT2D eigenvalue weighted by molar-refractivity contribution is -0.807. The van der Waals surface area contributed by atoms with Gasteiger partial charge in [-0.1, -0.05) is 18.2 Å². The van der Waals surface area contributed by atoms with Gasteiger partial charge in [0.25, 0.3) is 0 Å². The van der Waals surface area contributed by atoms with E-state index in [9.17, 15) is 10.0 Å². The number of ether oxygens (including phenoxy) is 1. The summed E-state index contributed by atoms with van der Waals surface area (Å²) in [6, 6.07) is 7.25. The highest BCUT2D eigenvalue weighted by molar-refractivity contribution is 5.92. The molecule has 0 radical (unpaired) electrons. The monoisotopic (exact) mass is 273 g/mol. The van der Waals surface area contributed by atoms with Crippen molar-refractivity contribution in [1.82, 2.24) is 0 Å². The Bertz CT molecular complexity index is 521. The fourth-order valence-electron chi connectivity index (χ4n) is 2.42. The Hall–Kier alpha value is -1.67. The van der Waals surface area contributed by atoms with Crippen LogP contribution in [0.1, 0.15) is 35.2 Å². The van der Waals surface area contributed by atoms with Crippen LogP contribution < -0.4 is 0 Å². The maximum Gasteiger partial charge on any atom is 0.346 e. The molecule has 20 heavy (non-hydrogen) atoms. The Morgan fingerprint density at radius 2 is 2.10 bits per heavy atom. The molecule has 2 rings (SSSR count). The minimum atomic E-state index is -0.760. The van der Waals surface area contributed by atoms with E-state index >= 15 is 0 Å². The van der Waals surface area contributed by atoms with Crippen molar-refractivity contribution in [1.29, 1.82) is 0 Å². The molecule has 1 aromatic carbocycles.